The van der Waals surface area contributed by atoms with Gasteiger partial charge in [0, 0.05) is 39.6 Å². The van der Waals surface area contributed by atoms with Crippen molar-refractivity contribution in [3.63, 3.8) is 0 Å². The standard InChI is InChI=1S/C47H90N12O2/c1-34(2)13-7-14-35(3)39-17-18-40-38-16-15-36-33-37(19-21-46(36,4)41(38)20-22-47(39,40)5)61-45(60)57-26-11-30-59(28-9-24-55-43(50)51)32-12-31-58(27-8-23-54-42(48)49)29-10-25-56-44(52)53-6/h15,34-35,37-41H,7-14,16-33H2,1-6H3,(H,57,60)(H4,48,49,54)(H4,50,51,55)(H3,52,53,56). The highest BCUT2D eigenvalue weighted by molar-refractivity contribution is 5.77. The molecule has 0 aromatic carbocycles. The topological polar surface area (TPSA) is 224 Å². The zero-order valence-electron chi connectivity index (χ0n) is 39.4. The fraction of sp³-hybridized carbons (Fsp3) is 0.872. The number of nitrogens with one attached hydrogen (secondary N) is 2. The van der Waals surface area contributed by atoms with Crippen LogP contribution in [0.3, 0.4) is 0 Å². The number of alkyl carbamates (subject to hydrolysis) is 1. The van der Waals surface area contributed by atoms with Gasteiger partial charge in [0.15, 0.2) is 17.9 Å². The second-order valence-electron chi connectivity index (χ2n) is 20.1. The minimum Gasteiger partial charge on any atom is -0.446 e. The molecule has 0 radical (unpaired) electrons. The maximum atomic E-state index is 13.1. The molecule has 14 nitrogen and oxygen atoms in total. The Hall–Kier alpha value is -3.26. The highest BCUT2D eigenvalue weighted by atomic mass is 16.6. The quantitative estimate of drug-likeness (QED) is 0.0241. The second-order valence-corrected chi connectivity index (χ2v) is 20.1. The third kappa shape index (κ3) is 15.5. The molecule has 3 saturated carbocycles. The van der Waals surface area contributed by atoms with E-state index < -0.39 is 0 Å². The second kappa shape index (κ2) is 25.1. The summed E-state index contributed by atoms with van der Waals surface area (Å²) in [6.07, 6.45) is 20.7. The summed E-state index contributed by atoms with van der Waals surface area (Å²) in [7, 11) is 1.68. The molecule has 12 N–H and O–H groups in total. The van der Waals surface area contributed by atoms with Crippen LogP contribution in [0.5, 0.6) is 0 Å². The molecule has 8 unspecified atom stereocenters. The summed E-state index contributed by atoms with van der Waals surface area (Å²) in [6, 6.07) is 0. The number of nitrogens with two attached hydrogens (primary N) is 5. The first-order chi connectivity index (χ1) is 29.2. The Bertz CT molecular complexity index is 1440. The molecular weight excluding hydrogens is 765 g/mol. The molecule has 0 aliphatic heterocycles. The smallest absolute Gasteiger partial charge is 0.407 e. The monoisotopic (exact) mass is 855 g/mol. The van der Waals surface area contributed by atoms with Crippen LogP contribution < -0.4 is 39.3 Å². The third-order valence-electron chi connectivity index (χ3n) is 15.5. The Labute approximate surface area is 370 Å². The lowest BCUT2D eigenvalue weighted by molar-refractivity contribution is -0.0581. The lowest BCUT2D eigenvalue weighted by Crippen LogP contribution is -2.51. The molecule has 350 valence electrons. The number of allylic oxidation sites excluding steroid dienone is 1. The van der Waals surface area contributed by atoms with Crippen molar-refractivity contribution in [2.45, 2.75) is 143 Å². The molecule has 1 amide bonds. The Kier molecular flexibility index (Phi) is 20.8. The van der Waals surface area contributed by atoms with Crippen LogP contribution in [0.1, 0.15) is 137 Å². The van der Waals surface area contributed by atoms with E-state index in [1.54, 1.807) is 12.6 Å². The van der Waals surface area contributed by atoms with Gasteiger partial charge in [-0.1, -0.05) is 65.5 Å². The van der Waals surface area contributed by atoms with Crippen molar-refractivity contribution in [2.24, 2.45) is 90.0 Å². The molecule has 0 aromatic heterocycles. The van der Waals surface area contributed by atoms with Crippen molar-refractivity contribution in [2.75, 3.05) is 72.5 Å². The molecule has 0 spiro atoms. The van der Waals surface area contributed by atoms with Crippen LogP contribution in [0.4, 0.5) is 4.79 Å². The number of fused-ring (bicyclic) bond motifs is 5. The predicted octanol–water partition coefficient (Wildman–Crippen LogP) is 5.76. The first-order valence-corrected chi connectivity index (χ1v) is 24.3. The minimum atomic E-state index is -0.284. The van der Waals surface area contributed by atoms with Gasteiger partial charge in [-0.2, -0.15) is 0 Å². The van der Waals surface area contributed by atoms with Crippen molar-refractivity contribution < 1.29 is 9.53 Å². The van der Waals surface area contributed by atoms with Gasteiger partial charge in [0.1, 0.15) is 6.10 Å². The summed E-state index contributed by atoms with van der Waals surface area (Å²) in [6.45, 7) is 20.5. The number of amides is 1. The fourth-order valence-electron chi connectivity index (χ4n) is 12.2. The summed E-state index contributed by atoms with van der Waals surface area (Å²) in [4.78, 5) is 30.4. The van der Waals surface area contributed by atoms with E-state index in [-0.39, 0.29) is 29.5 Å². The first-order valence-electron chi connectivity index (χ1n) is 24.3. The highest BCUT2D eigenvalue weighted by Crippen LogP contribution is 2.67. The van der Waals surface area contributed by atoms with Crippen molar-refractivity contribution in [3.05, 3.63) is 11.6 Å². The van der Waals surface area contributed by atoms with Crippen LogP contribution in [0.2, 0.25) is 0 Å². The van der Waals surface area contributed by atoms with E-state index in [4.69, 9.17) is 33.4 Å². The van der Waals surface area contributed by atoms with Crippen LogP contribution in [0.25, 0.3) is 0 Å². The summed E-state index contributed by atoms with van der Waals surface area (Å²) >= 11 is 0. The average molecular weight is 855 g/mol. The number of carbonyl (C=O) groups excluding carboxylic acids is 1. The average Bonchev–Trinajstić information content (AvgIpc) is 3.57. The summed E-state index contributed by atoms with van der Waals surface area (Å²) in [5, 5.41) is 6.23. The first kappa shape index (κ1) is 50.4. The molecule has 0 saturated heterocycles. The molecule has 8 atom stereocenters. The van der Waals surface area contributed by atoms with E-state index in [0.717, 1.165) is 133 Å². The number of hydrogen-bond donors (Lipinski definition) is 7. The van der Waals surface area contributed by atoms with E-state index in [1.165, 1.54) is 51.4 Å². The lowest BCUT2D eigenvalue weighted by Gasteiger charge is -2.58. The van der Waals surface area contributed by atoms with E-state index in [9.17, 15) is 4.79 Å². The van der Waals surface area contributed by atoms with Gasteiger partial charge in [-0.25, -0.2) is 4.79 Å². The largest absolute Gasteiger partial charge is 0.446 e. The van der Waals surface area contributed by atoms with Crippen LogP contribution in [0, 0.1) is 46.3 Å². The Morgan fingerprint density at radius 3 is 1.98 bits per heavy atom. The highest BCUT2D eigenvalue weighted by Gasteiger charge is 2.59. The molecular formula is C47H90N12O2. The van der Waals surface area contributed by atoms with E-state index in [1.807, 2.05) is 0 Å². The number of carbonyl (C=O) groups is 1. The summed E-state index contributed by atoms with van der Waals surface area (Å²) in [5.41, 5.74) is 30.4. The number of aliphatic imine (C=N–C) groups is 3. The Morgan fingerprint density at radius 1 is 0.770 bits per heavy atom. The Balaban J connectivity index is 1.22. The van der Waals surface area contributed by atoms with Crippen LogP contribution in [-0.4, -0.2) is 112 Å². The summed E-state index contributed by atoms with van der Waals surface area (Å²) in [5.74, 6) is 5.65. The molecule has 0 aromatic rings. The molecule has 14 heteroatoms. The van der Waals surface area contributed by atoms with Crippen molar-refractivity contribution in [1.82, 2.24) is 20.4 Å². The van der Waals surface area contributed by atoms with Crippen molar-refractivity contribution in [3.8, 4) is 0 Å². The predicted molar refractivity (Wildman–Crippen MR) is 254 cm³/mol. The zero-order chi connectivity index (χ0) is 44.4. The molecule has 3 fully saturated rings. The van der Waals surface area contributed by atoms with Gasteiger partial charge in [0.05, 0.1) is 0 Å². The van der Waals surface area contributed by atoms with Gasteiger partial charge in [-0.15, -0.1) is 0 Å². The number of ether oxygens (including phenoxy) is 1. The van der Waals surface area contributed by atoms with Crippen molar-refractivity contribution in [1.29, 1.82) is 0 Å². The number of hydrogen-bond acceptors (Lipinski definition) is 7. The molecule has 0 bridgehead atoms. The Morgan fingerprint density at radius 2 is 1.38 bits per heavy atom. The number of rotatable bonds is 26. The fourth-order valence-corrected chi connectivity index (χ4v) is 12.2. The molecule has 61 heavy (non-hydrogen) atoms. The van der Waals surface area contributed by atoms with E-state index in [0.29, 0.717) is 31.0 Å². The van der Waals surface area contributed by atoms with Gasteiger partial charge in [0.25, 0.3) is 0 Å². The summed E-state index contributed by atoms with van der Waals surface area (Å²) < 4.78 is 6.12. The maximum Gasteiger partial charge on any atom is 0.407 e. The van der Waals surface area contributed by atoms with Crippen LogP contribution in [-0.2, 0) is 4.74 Å². The van der Waals surface area contributed by atoms with Gasteiger partial charge in [0.2, 0.25) is 0 Å². The molecule has 4 aliphatic carbocycles. The van der Waals surface area contributed by atoms with Crippen LogP contribution in [0.15, 0.2) is 26.6 Å². The van der Waals surface area contributed by atoms with Gasteiger partial charge < -0.3 is 53.8 Å². The SMILES string of the molecule is CN=C(N)NCCCN(CCCN=C(N)N)CCCN(CCCN=C(N)N)CCCNC(=O)OC1CCC2(C)C(=CCC3C2CCC2(C)C(C(C)CCCC(C)C)CCC32)C1. The van der Waals surface area contributed by atoms with E-state index >= 15 is 0 Å². The number of guanidine groups is 3. The number of nitrogens with zero attached hydrogens (tertiary/aromatic N) is 5. The van der Waals surface area contributed by atoms with Gasteiger partial charge in [-0.05, 0) is 163 Å². The zero-order valence-corrected chi connectivity index (χ0v) is 39.4. The minimum absolute atomic E-state index is 0.0466. The van der Waals surface area contributed by atoms with Crippen LogP contribution >= 0.6 is 0 Å². The molecule has 4 rings (SSSR count). The molecule has 4 aliphatic rings. The lowest BCUT2D eigenvalue weighted by atomic mass is 9.47. The molecule has 0 heterocycles. The van der Waals surface area contributed by atoms with Crippen molar-refractivity contribution >= 4 is 24.0 Å². The normalized spacial score (nSPS) is 27.8. The van der Waals surface area contributed by atoms with Gasteiger partial charge in [-0.3, -0.25) is 15.0 Å². The van der Waals surface area contributed by atoms with Gasteiger partial charge >= 0.3 is 6.09 Å². The van der Waals surface area contributed by atoms with E-state index in [2.05, 4.69) is 76.1 Å². The maximum absolute atomic E-state index is 13.1. The third-order valence-corrected chi connectivity index (χ3v) is 15.5.